The van der Waals surface area contributed by atoms with Crippen LogP contribution in [0.4, 0.5) is 0 Å². The smallest absolute Gasteiger partial charge is 0.275 e. The quantitative estimate of drug-likeness (QED) is 0.381. The molecule has 0 aliphatic heterocycles. The molecule has 0 fully saturated rings. The maximum absolute atomic E-state index is 13.3. The van der Waals surface area contributed by atoms with Gasteiger partial charge >= 0.3 is 0 Å². The molecule has 0 spiro atoms. The van der Waals surface area contributed by atoms with Crippen LogP contribution < -0.4 is 10.3 Å². The fourth-order valence-corrected chi connectivity index (χ4v) is 3.14. The van der Waals surface area contributed by atoms with Gasteiger partial charge in [0.1, 0.15) is 17.5 Å². The molecule has 6 heteroatoms. The second kappa shape index (κ2) is 8.89. The predicted octanol–water partition coefficient (Wildman–Crippen LogP) is 4.25. The molecule has 150 valence electrons. The van der Waals surface area contributed by atoms with E-state index in [2.05, 4.69) is 9.97 Å². The predicted molar refractivity (Wildman–Crippen MR) is 119 cm³/mol. The van der Waals surface area contributed by atoms with E-state index >= 15 is 0 Å². The van der Waals surface area contributed by atoms with E-state index in [0.29, 0.717) is 27.9 Å². The van der Waals surface area contributed by atoms with Gasteiger partial charge in [-0.1, -0.05) is 54.6 Å². The number of benzene rings is 3. The van der Waals surface area contributed by atoms with Crippen molar-refractivity contribution in [1.29, 1.82) is 5.26 Å². The zero-order valence-corrected chi connectivity index (χ0v) is 16.4. The number of carbonyl (C=O) groups excluding carboxylic acids is 1. The summed E-state index contributed by atoms with van der Waals surface area (Å²) in [6.45, 7) is -0.0523. The zero-order valence-electron chi connectivity index (χ0n) is 16.4. The van der Waals surface area contributed by atoms with Gasteiger partial charge in [-0.3, -0.25) is 9.59 Å². The highest BCUT2D eigenvalue weighted by molar-refractivity contribution is 6.32. The van der Waals surface area contributed by atoms with Crippen molar-refractivity contribution < 1.29 is 9.53 Å². The van der Waals surface area contributed by atoms with Gasteiger partial charge in [-0.2, -0.15) is 5.26 Å². The number of rotatable bonds is 6. The van der Waals surface area contributed by atoms with E-state index in [1.54, 1.807) is 72.8 Å². The topological polar surface area (TPSA) is 95.8 Å². The van der Waals surface area contributed by atoms with Gasteiger partial charge in [-0.25, -0.2) is 4.98 Å². The Hall–Kier alpha value is -4.50. The SMILES string of the molecule is N#CCOc1ccc(/C=C(/C(=O)c2ccccc2)c2nc3ccccc3[nH]c2=O)cc1. The molecule has 0 saturated heterocycles. The molecule has 31 heavy (non-hydrogen) atoms. The van der Waals surface area contributed by atoms with Crippen LogP contribution in [0, 0.1) is 11.3 Å². The standard InChI is InChI=1S/C25H17N3O3/c26-14-15-31-19-12-10-17(11-13-19)16-20(24(29)18-6-2-1-3-7-18)23-25(30)28-22-9-5-4-8-21(22)27-23/h1-13,16H,15H2,(H,28,30)/b20-16+. The molecule has 1 heterocycles. The molecular weight excluding hydrogens is 390 g/mol. The molecule has 0 bridgehead atoms. The summed E-state index contributed by atoms with van der Waals surface area (Å²) < 4.78 is 5.27. The monoisotopic (exact) mass is 407 g/mol. The van der Waals surface area contributed by atoms with Crippen LogP contribution in [-0.4, -0.2) is 22.4 Å². The normalized spacial score (nSPS) is 11.1. The van der Waals surface area contributed by atoms with Crippen LogP contribution >= 0.6 is 0 Å². The minimum absolute atomic E-state index is 0.0523. The van der Waals surface area contributed by atoms with E-state index in [0.717, 1.165) is 0 Å². The van der Waals surface area contributed by atoms with Crippen molar-refractivity contribution in [2.75, 3.05) is 6.61 Å². The van der Waals surface area contributed by atoms with Crippen molar-refractivity contribution in [3.05, 3.63) is 106 Å². The Morgan fingerprint density at radius 2 is 1.71 bits per heavy atom. The number of fused-ring (bicyclic) bond motifs is 1. The second-order valence-corrected chi connectivity index (χ2v) is 6.70. The van der Waals surface area contributed by atoms with Crippen LogP contribution in [0.5, 0.6) is 5.75 Å². The van der Waals surface area contributed by atoms with Crippen molar-refractivity contribution in [2.24, 2.45) is 0 Å². The van der Waals surface area contributed by atoms with Gasteiger partial charge in [0, 0.05) is 5.56 Å². The number of aromatic nitrogens is 2. The van der Waals surface area contributed by atoms with Gasteiger partial charge in [0.2, 0.25) is 0 Å². The van der Waals surface area contributed by atoms with Crippen molar-refractivity contribution >= 4 is 28.5 Å². The van der Waals surface area contributed by atoms with Crippen LogP contribution in [0.2, 0.25) is 0 Å². The molecule has 0 unspecified atom stereocenters. The molecule has 0 amide bonds. The van der Waals surface area contributed by atoms with Gasteiger partial charge < -0.3 is 9.72 Å². The van der Waals surface area contributed by atoms with E-state index in [1.807, 2.05) is 18.2 Å². The lowest BCUT2D eigenvalue weighted by molar-refractivity contribution is 0.105. The van der Waals surface area contributed by atoms with Crippen molar-refractivity contribution in [1.82, 2.24) is 9.97 Å². The first-order chi connectivity index (χ1) is 15.2. The van der Waals surface area contributed by atoms with Crippen LogP contribution in [0.1, 0.15) is 21.6 Å². The first-order valence-electron chi connectivity index (χ1n) is 9.56. The van der Waals surface area contributed by atoms with Gasteiger partial charge in [0.25, 0.3) is 5.56 Å². The maximum Gasteiger partial charge on any atom is 0.275 e. The molecule has 0 saturated carbocycles. The number of para-hydroxylation sites is 2. The Kier molecular flexibility index (Phi) is 5.68. The van der Waals surface area contributed by atoms with Crippen LogP contribution in [0.25, 0.3) is 22.7 Å². The van der Waals surface area contributed by atoms with Gasteiger partial charge in [0.05, 0.1) is 16.6 Å². The number of nitrogens with one attached hydrogen (secondary N) is 1. The van der Waals surface area contributed by atoms with E-state index in [1.165, 1.54) is 0 Å². The number of hydrogen-bond donors (Lipinski definition) is 1. The van der Waals surface area contributed by atoms with Crippen molar-refractivity contribution in [3.8, 4) is 11.8 Å². The summed E-state index contributed by atoms with van der Waals surface area (Å²) in [4.78, 5) is 33.4. The maximum atomic E-state index is 13.3. The number of ether oxygens (including phenoxy) is 1. The lowest BCUT2D eigenvalue weighted by Gasteiger charge is -2.08. The highest BCUT2D eigenvalue weighted by Crippen LogP contribution is 2.22. The third kappa shape index (κ3) is 4.41. The summed E-state index contributed by atoms with van der Waals surface area (Å²) in [6.07, 6.45) is 1.63. The van der Waals surface area contributed by atoms with E-state index in [9.17, 15) is 9.59 Å². The molecule has 4 aromatic rings. The van der Waals surface area contributed by atoms with Gasteiger partial charge in [0.15, 0.2) is 12.4 Å². The molecule has 3 aromatic carbocycles. The van der Waals surface area contributed by atoms with Crippen molar-refractivity contribution in [3.63, 3.8) is 0 Å². The first kappa shape index (κ1) is 19.8. The third-order valence-electron chi connectivity index (χ3n) is 4.63. The summed E-state index contributed by atoms with van der Waals surface area (Å²) >= 11 is 0. The van der Waals surface area contributed by atoms with E-state index in [-0.39, 0.29) is 23.7 Å². The lowest BCUT2D eigenvalue weighted by atomic mass is 9.98. The second-order valence-electron chi connectivity index (χ2n) is 6.70. The number of H-pyrrole nitrogens is 1. The summed E-state index contributed by atoms with van der Waals surface area (Å²) in [6, 6.07) is 24.7. The van der Waals surface area contributed by atoms with Gasteiger partial charge in [-0.05, 0) is 35.9 Å². The number of allylic oxidation sites excluding steroid dienone is 1. The van der Waals surface area contributed by atoms with Crippen LogP contribution in [0.3, 0.4) is 0 Å². The number of nitriles is 1. The van der Waals surface area contributed by atoms with Gasteiger partial charge in [-0.15, -0.1) is 0 Å². The average molecular weight is 407 g/mol. The molecular formula is C25H17N3O3. The number of ketones is 1. The fraction of sp³-hybridized carbons (Fsp3) is 0.0400. The Morgan fingerprint density at radius 3 is 2.45 bits per heavy atom. The largest absolute Gasteiger partial charge is 0.479 e. The molecule has 6 nitrogen and oxygen atoms in total. The number of hydrogen-bond acceptors (Lipinski definition) is 5. The number of aromatic amines is 1. The molecule has 1 aromatic heterocycles. The highest BCUT2D eigenvalue weighted by Gasteiger charge is 2.19. The molecule has 4 rings (SSSR count). The zero-order chi connectivity index (χ0) is 21.6. The molecule has 0 radical (unpaired) electrons. The lowest BCUT2D eigenvalue weighted by Crippen LogP contribution is -2.18. The van der Waals surface area contributed by atoms with Crippen molar-refractivity contribution in [2.45, 2.75) is 0 Å². The Balaban J connectivity index is 1.83. The fourth-order valence-electron chi connectivity index (χ4n) is 3.14. The Morgan fingerprint density at radius 1 is 1.00 bits per heavy atom. The summed E-state index contributed by atoms with van der Waals surface area (Å²) in [7, 11) is 0. The molecule has 0 aliphatic rings. The number of Topliss-reactive ketones (excluding diaryl/α,β-unsaturated/α-hetero) is 1. The Labute approximate surface area is 178 Å². The average Bonchev–Trinajstić information content (AvgIpc) is 2.82. The van der Waals surface area contributed by atoms with E-state index in [4.69, 9.17) is 10.00 Å². The Bertz CT molecular complexity index is 1370. The van der Waals surface area contributed by atoms with Crippen LogP contribution in [-0.2, 0) is 0 Å². The van der Waals surface area contributed by atoms with E-state index < -0.39 is 5.56 Å². The summed E-state index contributed by atoms with van der Waals surface area (Å²) in [5.41, 5.74) is 2.13. The highest BCUT2D eigenvalue weighted by atomic mass is 16.5. The molecule has 0 atom stereocenters. The summed E-state index contributed by atoms with van der Waals surface area (Å²) in [5.74, 6) is 0.231. The molecule has 1 N–H and O–H groups in total. The molecule has 0 aliphatic carbocycles. The minimum atomic E-state index is -0.441. The third-order valence-corrected chi connectivity index (χ3v) is 4.63. The minimum Gasteiger partial charge on any atom is -0.479 e. The number of carbonyl (C=O) groups is 1. The number of nitrogens with zero attached hydrogens (tertiary/aromatic N) is 2. The first-order valence-corrected chi connectivity index (χ1v) is 9.56. The van der Waals surface area contributed by atoms with Crippen LogP contribution in [0.15, 0.2) is 83.7 Å². The summed E-state index contributed by atoms with van der Waals surface area (Å²) in [5, 5.41) is 8.64.